The minimum atomic E-state index is -0.161. The number of hydrogen-bond donors (Lipinski definition) is 1. The molecule has 2 aromatic carbocycles. The van der Waals surface area contributed by atoms with E-state index in [9.17, 15) is 9.59 Å². The van der Waals surface area contributed by atoms with Gasteiger partial charge in [-0.05, 0) is 30.5 Å². The van der Waals surface area contributed by atoms with Crippen molar-refractivity contribution in [2.45, 2.75) is 25.3 Å². The fourth-order valence-corrected chi connectivity index (χ4v) is 3.36. The van der Waals surface area contributed by atoms with Crippen LogP contribution in [-0.2, 0) is 11.2 Å². The Morgan fingerprint density at radius 2 is 1.61 bits per heavy atom. The van der Waals surface area contributed by atoms with Gasteiger partial charge in [-0.3, -0.25) is 9.59 Å². The standard InChI is InChI=1S/C22H26N2O4/c1-27-19-13-17(14-20(15-19)28-2)22(26)23-18-8-10-24(11-9-18)21(25)12-16-6-4-3-5-7-16/h3-7,13-15,18H,8-12H2,1-2H3,(H,23,26). The van der Waals surface area contributed by atoms with Gasteiger partial charge >= 0.3 is 0 Å². The number of ether oxygens (including phenoxy) is 2. The van der Waals surface area contributed by atoms with Crippen molar-refractivity contribution in [1.29, 1.82) is 0 Å². The number of likely N-dealkylation sites (tertiary alicyclic amines) is 1. The van der Waals surface area contributed by atoms with Crippen LogP contribution in [0.1, 0.15) is 28.8 Å². The number of piperidine rings is 1. The van der Waals surface area contributed by atoms with Crippen LogP contribution in [0.5, 0.6) is 11.5 Å². The first-order valence-corrected chi connectivity index (χ1v) is 9.44. The fourth-order valence-electron chi connectivity index (χ4n) is 3.36. The second kappa shape index (κ2) is 9.26. The molecule has 6 nitrogen and oxygen atoms in total. The zero-order chi connectivity index (χ0) is 19.9. The summed E-state index contributed by atoms with van der Waals surface area (Å²) in [7, 11) is 3.11. The molecule has 0 atom stereocenters. The topological polar surface area (TPSA) is 67.9 Å². The zero-order valence-electron chi connectivity index (χ0n) is 16.3. The molecule has 1 N–H and O–H groups in total. The number of methoxy groups -OCH3 is 2. The lowest BCUT2D eigenvalue weighted by molar-refractivity contribution is -0.131. The summed E-state index contributed by atoms with van der Waals surface area (Å²) in [6, 6.07) is 14.9. The Balaban J connectivity index is 1.52. The third-order valence-corrected chi connectivity index (χ3v) is 4.99. The molecular formula is C22H26N2O4. The number of carbonyl (C=O) groups excluding carboxylic acids is 2. The predicted molar refractivity (Wildman–Crippen MR) is 107 cm³/mol. The van der Waals surface area contributed by atoms with E-state index in [-0.39, 0.29) is 17.9 Å². The van der Waals surface area contributed by atoms with Gasteiger partial charge in [-0.25, -0.2) is 0 Å². The SMILES string of the molecule is COc1cc(OC)cc(C(=O)NC2CCN(C(=O)Cc3ccccc3)CC2)c1. The normalized spacial score (nSPS) is 14.4. The largest absolute Gasteiger partial charge is 0.497 e. The van der Waals surface area contributed by atoms with Crippen molar-refractivity contribution in [3.63, 3.8) is 0 Å². The van der Waals surface area contributed by atoms with Crippen LogP contribution in [0.15, 0.2) is 48.5 Å². The number of carbonyl (C=O) groups is 2. The van der Waals surface area contributed by atoms with Gasteiger partial charge in [0.25, 0.3) is 5.91 Å². The van der Waals surface area contributed by atoms with Gasteiger partial charge in [-0.15, -0.1) is 0 Å². The van der Waals surface area contributed by atoms with Crippen molar-refractivity contribution in [1.82, 2.24) is 10.2 Å². The average Bonchev–Trinajstić information content (AvgIpc) is 2.74. The van der Waals surface area contributed by atoms with Gasteiger partial charge in [-0.2, -0.15) is 0 Å². The average molecular weight is 382 g/mol. The Morgan fingerprint density at radius 1 is 1.00 bits per heavy atom. The Kier molecular flexibility index (Phi) is 6.53. The molecule has 0 aliphatic carbocycles. The van der Waals surface area contributed by atoms with Gasteiger partial charge in [0.2, 0.25) is 5.91 Å². The van der Waals surface area contributed by atoms with E-state index in [1.807, 2.05) is 35.2 Å². The summed E-state index contributed by atoms with van der Waals surface area (Å²) in [6.07, 6.45) is 1.90. The lowest BCUT2D eigenvalue weighted by Gasteiger charge is -2.32. The van der Waals surface area contributed by atoms with E-state index in [1.54, 1.807) is 32.4 Å². The second-order valence-corrected chi connectivity index (χ2v) is 6.89. The predicted octanol–water partition coefficient (Wildman–Crippen LogP) is 2.67. The summed E-state index contributed by atoms with van der Waals surface area (Å²) in [4.78, 5) is 27.0. The summed E-state index contributed by atoms with van der Waals surface area (Å²) in [5, 5.41) is 3.06. The van der Waals surface area contributed by atoms with Crippen molar-refractivity contribution in [2.75, 3.05) is 27.3 Å². The zero-order valence-corrected chi connectivity index (χ0v) is 16.3. The van der Waals surface area contributed by atoms with Crippen LogP contribution < -0.4 is 14.8 Å². The maximum Gasteiger partial charge on any atom is 0.251 e. The number of nitrogens with one attached hydrogen (secondary N) is 1. The van der Waals surface area contributed by atoms with E-state index in [2.05, 4.69) is 5.32 Å². The molecular weight excluding hydrogens is 356 g/mol. The van der Waals surface area contributed by atoms with Crippen molar-refractivity contribution in [3.8, 4) is 11.5 Å². The van der Waals surface area contributed by atoms with E-state index >= 15 is 0 Å². The van der Waals surface area contributed by atoms with Gasteiger partial charge in [0.05, 0.1) is 20.6 Å². The van der Waals surface area contributed by atoms with E-state index < -0.39 is 0 Å². The molecule has 0 bridgehead atoms. The minimum Gasteiger partial charge on any atom is -0.497 e. The molecule has 28 heavy (non-hydrogen) atoms. The van der Waals surface area contributed by atoms with Crippen LogP contribution in [0.25, 0.3) is 0 Å². The number of benzene rings is 2. The summed E-state index contributed by atoms with van der Waals surface area (Å²) in [6.45, 7) is 1.30. The first-order valence-electron chi connectivity index (χ1n) is 9.44. The van der Waals surface area contributed by atoms with Crippen molar-refractivity contribution in [2.24, 2.45) is 0 Å². The smallest absolute Gasteiger partial charge is 0.251 e. The van der Waals surface area contributed by atoms with Gasteiger partial charge in [0.15, 0.2) is 0 Å². The molecule has 0 aromatic heterocycles. The minimum absolute atomic E-state index is 0.0467. The Morgan fingerprint density at radius 3 is 2.18 bits per heavy atom. The van der Waals surface area contributed by atoms with Gasteiger partial charge in [0, 0.05) is 30.8 Å². The van der Waals surface area contributed by atoms with E-state index in [1.165, 1.54) is 0 Å². The van der Waals surface area contributed by atoms with Crippen LogP contribution in [-0.4, -0.2) is 50.1 Å². The number of rotatable bonds is 6. The molecule has 0 radical (unpaired) electrons. The van der Waals surface area contributed by atoms with E-state index in [0.717, 1.165) is 18.4 Å². The van der Waals surface area contributed by atoms with Gasteiger partial charge < -0.3 is 19.7 Å². The fraction of sp³-hybridized carbons (Fsp3) is 0.364. The molecule has 2 aromatic rings. The molecule has 0 spiro atoms. The maximum atomic E-state index is 12.6. The highest BCUT2D eigenvalue weighted by molar-refractivity contribution is 5.95. The summed E-state index contributed by atoms with van der Waals surface area (Å²) < 4.78 is 10.4. The summed E-state index contributed by atoms with van der Waals surface area (Å²) in [5.41, 5.74) is 1.52. The lowest BCUT2D eigenvalue weighted by atomic mass is 10.0. The number of nitrogens with zero attached hydrogens (tertiary/aromatic N) is 1. The Bertz CT molecular complexity index is 792. The van der Waals surface area contributed by atoms with Crippen LogP contribution in [0.4, 0.5) is 0 Å². The highest BCUT2D eigenvalue weighted by atomic mass is 16.5. The monoisotopic (exact) mass is 382 g/mol. The van der Waals surface area contributed by atoms with Crippen molar-refractivity contribution in [3.05, 3.63) is 59.7 Å². The highest BCUT2D eigenvalue weighted by Gasteiger charge is 2.24. The Hall–Kier alpha value is -3.02. The summed E-state index contributed by atoms with van der Waals surface area (Å²) >= 11 is 0. The van der Waals surface area contributed by atoms with Crippen LogP contribution in [0.3, 0.4) is 0 Å². The maximum absolute atomic E-state index is 12.6. The molecule has 1 aliphatic heterocycles. The third-order valence-electron chi connectivity index (χ3n) is 4.99. The van der Waals surface area contributed by atoms with Crippen LogP contribution >= 0.6 is 0 Å². The van der Waals surface area contributed by atoms with Crippen LogP contribution in [0.2, 0.25) is 0 Å². The molecule has 6 heteroatoms. The lowest BCUT2D eigenvalue weighted by Crippen LogP contribution is -2.47. The van der Waals surface area contributed by atoms with Crippen LogP contribution in [0, 0.1) is 0 Å². The van der Waals surface area contributed by atoms with E-state index in [0.29, 0.717) is 36.6 Å². The summed E-state index contributed by atoms with van der Waals surface area (Å²) in [5.74, 6) is 1.12. The molecule has 3 rings (SSSR count). The molecule has 1 aliphatic rings. The first kappa shape index (κ1) is 19.7. The van der Waals surface area contributed by atoms with Gasteiger partial charge in [0.1, 0.15) is 11.5 Å². The molecule has 1 fully saturated rings. The van der Waals surface area contributed by atoms with Crippen molar-refractivity contribution >= 4 is 11.8 Å². The molecule has 1 heterocycles. The second-order valence-electron chi connectivity index (χ2n) is 6.89. The molecule has 0 unspecified atom stereocenters. The van der Waals surface area contributed by atoms with Gasteiger partial charge in [-0.1, -0.05) is 30.3 Å². The molecule has 148 valence electrons. The first-order chi connectivity index (χ1) is 13.6. The Labute approximate surface area is 165 Å². The van der Waals surface area contributed by atoms with Crippen molar-refractivity contribution < 1.29 is 19.1 Å². The number of amides is 2. The number of hydrogen-bond acceptors (Lipinski definition) is 4. The molecule has 1 saturated heterocycles. The molecule has 2 amide bonds. The third kappa shape index (κ3) is 5.03. The molecule has 0 saturated carbocycles. The van der Waals surface area contributed by atoms with E-state index in [4.69, 9.17) is 9.47 Å². The highest BCUT2D eigenvalue weighted by Crippen LogP contribution is 2.23. The quantitative estimate of drug-likeness (QED) is 0.834.